The van der Waals surface area contributed by atoms with Crippen molar-refractivity contribution in [2.24, 2.45) is 11.5 Å². The molecule has 0 fully saturated rings. The molecule has 0 saturated heterocycles. The zero-order valence-electron chi connectivity index (χ0n) is 5.65. The fourth-order valence-corrected chi connectivity index (χ4v) is 0.322. The highest BCUT2D eigenvalue weighted by Crippen LogP contribution is 1.84. The molecule has 0 radical (unpaired) electrons. The topological polar surface area (TPSA) is 64.1 Å². The van der Waals surface area contributed by atoms with Crippen molar-refractivity contribution in [3.8, 4) is 0 Å². The summed E-state index contributed by atoms with van der Waals surface area (Å²) in [6.45, 7) is 5.80. The van der Waals surface area contributed by atoms with E-state index in [9.17, 15) is 0 Å². The van der Waals surface area contributed by atoms with Crippen molar-refractivity contribution < 1.29 is 0 Å². The first-order chi connectivity index (χ1) is 4.18. The molecule has 0 aromatic heterocycles. The lowest BCUT2D eigenvalue weighted by Gasteiger charge is -2.01. The first kappa shape index (κ1) is 7.88. The number of hydrogen-bond acceptors (Lipinski definition) is 3. The van der Waals surface area contributed by atoms with Crippen LogP contribution in [0.1, 0.15) is 6.92 Å². The molecule has 0 bridgehead atoms. The van der Waals surface area contributed by atoms with Crippen LogP contribution in [0, 0.1) is 0 Å². The van der Waals surface area contributed by atoms with Crippen LogP contribution in [-0.2, 0) is 0 Å². The molecule has 0 aromatic rings. The number of nitrogens with two attached hydrogens (primary N) is 2. The Balaban J connectivity index is 3.62. The molecule has 0 atom stereocenters. The Bertz CT molecular complexity index is 122. The minimum atomic E-state index is 0.575. The predicted molar refractivity (Wildman–Crippen MR) is 39.3 cm³/mol. The fraction of sp³-hybridized carbons (Fsp3) is 0.333. The maximum atomic E-state index is 5.45. The number of nitrogens with one attached hydrogen (secondary N) is 1. The predicted octanol–water partition coefficient (Wildman–Crippen LogP) is -0.132. The quantitative estimate of drug-likeness (QED) is 0.494. The standard InChI is InChI=1S/C6H13N3/c1-3-9-4-6(8)5(2)7/h3,9H,1,4,7-8H2,2H3/b6-5-. The first-order valence-corrected chi connectivity index (χ1v) is 2.73. The second kappa shape index (κ2) is 3.83. The first-order valence-electron chi connectivity index (χ1n) is 2.73. The van der Waals surface area contributed by atoms with Crippen molar-refractivity contribution in [2.75, 3.05) is 6.54 Å². The van der Waals surface area contributed by atoms with E-state index in [1.807, 2.05) is 0 Å². The zero-order chi connectivity index (χ0) is 7.28. The highest BCUT2D eigenvalue weighted by molar-refractivity contribution is 5.06. The highest BCUT2D eigenvalue weighted by Gasteiger charge is 1.88. The number of rotatable bonds is 3. The van der Waals surface area contributed by atoms with Crippen LogP contribution in [0.3, 0.4) is 0 Å². The molecule has 3 heteroatoms. The molecule has 0 amide bonds. The Morgan fingerprint density at radius 1 is 1.67 bits per heavy atom. The molecule has 52 valence electrons. The average molecular weight is 127 g/mol. The smallest absolute Gasteiger partial charge is 0.0557 e. The summed E-state index contributed by atoms with van der Waals surface area (Å²) in [7, 11) is 0. The lowest BCUT2D eigenvalue weighted by molar-refractivity contribution is 0.905. The van der Waals surface area contributed by atoms with Gasteiger partial charge in [0.1, 0.15) is 0 Å². The highest BCUT2D eigenvalue weighted by atomic mass is 14.9. The number of allylic oxidation sites excluding steroid dienone is 1. The van der Waals surface area contributed by atoms with E-state index in [4.69, 9.17) is 11.5 Å². The van der Waals surface area contributed by atoms with Gasteiger partial charge in [-0.2, -0.15) is 0 Å². The summed E-state index contributed by atoms with van der Waals surface area (Å²) in [6, 6.07) is 0. The van der Waals surface area contributed by atoms with Gasteiger partial charge in [-0.25, -0.2) is 0 Å². The van der Waals surface area contributed by atoms with E-state index in [1.54, 1.807) is 13.1 Å². The minimum absolute atomic E-state index is 0.575. The maximum absolute atomic E-state index is 5.45. The normalized spacial score (nSPS) is 12.1. The van der Waals surface area contributed by atoms with Gasteiger partial charge in [-0.1, -0.05) is 6.58 Å². The van der Waals surface area contributed by atoms with Gasteiger partial charge in [0, 0.05) is 11.4 Å². The van der Waals surface area contributed by atoms with Gasteiger partial charge in [-0.05, 0) is 13.1 Å². The van der Waals surface area contributed by atoms with Crippen LogP contribution < -0.4 is 16.8 Å². The van der Waals surface area contributed by atoms with Crippen molar-refractivity contribution in [2.45, 2.75) is 6.92 Å². The summed E-state index contributed by atoms with van der Waals surface area (Å²) in [5, 5.41) is 2.83. The van der Waals surface area contributed by atoms with Crippen molar-refractivity contribution in [1.29, 1.82) is 0 Å². The second-order valence-electron chi connectivity index (χ2n) is 1.79. The molecular formula is C6H13N3. The van der Waals surface area contributed by atoms with Crippen LogP contribution in [0.4, 0.5) is 0 Å². The lowest BCUT2D eigenvalue weighted by Crippen LogP contribution is -2.19. The van der Waals surface area contributed by atoms with Crippen LogP contribution in [-0.4, -0.2) is 6.54 Å². The van der Waals surface area contributed by atoms with Gasteiger partial charge in [-0.15, -0.1) is 0 Å². The summed E-state index contributed by atoms with van der Waals surface area (Å²) >= 11 is 0. The van der Waals surface area contributed by atoms with Gasteiger partial charge in [0.15, 0.2) is 0 Å². The van der Waals surface area contributed by atoms with Crippen molar-refractivity contribution in [3.63, 3.8) is 0 Å². The van der Waals surface area contributed by atoms with Gasteiger partial charge < -0.3 is 16.8 Å². The van der Waals surface area contributed by atoms with Crippen molar-refractivity contribution >= 4 is 0 Å². The van der Waals surface area contributed by atoms with E-state index in [0.717, 1.165) is 0 Å². The molecule has 0 unspecified atom stereocenters. The molecule has 0 rings (SSSR count). The largest absolute Gasteiger partial charge is 0.401 e. The van der Waals surface area contributed by atoms with Gasteiger partial charge >= 0.3 is 0 Å². The van der Waals surface area contributed by atoms with Crippen LogP contribution >= 0.6 is 0 Å². The number of hydrogen-bond donors (Lipinski definition) is 3. The molecule has 0 aromatic carbocycles. The molecule has 0 aliphatic rings. The van der Waals surface area contributed by atoms with E-state index in [0.29, 0.717) is 17.9 Å². The third kappa shape index (κ3) is 3.46. The molecule has 0 saturated carbocycles. The summed E-state index contributed by atoms with van der Waals surface area (Å²) in [6.07, 6.45) is 1.58. The van der Waals surface area contributed by atoms with Gasteiger partial charge in [0.2, 0.25) is 0 Å². The van der Waals surface area contributed by atoms with Crippen LogP contribution in [0.2, 0.25) is 0 Å². The monoisotopic (exact) mass is 127 g/mol. The molecule has 0 aliphatic heterocycles. The Hall–Kier alpha value is -1.12. The zero-order valence-corrected chi connectivity index (χ0v) is 5.65. The summed E-state index contributed by atoms with van der Waals surface area (Å²) in [5.41, 5.74) is 12.1. The summed E-state index contributed by atoms with van der Waals surface area (Å²) in [4.78, 5) is 0. The Kier molecular flexibility index (Phi) is 3.35. The SMILES string of the molecule is C=CNC/C(N)=C(\C)N. The third-order valence-electron chi connectivity index (χ3n) is 0.943. The van der Waals surface area contributed by atoms with Gasteiger partial charge in [0.25, 0.3) is 0 Å². The molecule has 0 spiro atoms. The molecule has 0 heterocycles. The second-order valence-corrected chi connectivity index (χ2v) is 1.79. The molecule has 5 N–H and O–H groups in total. The van der Waals surface area contributed by atoms with E-state index < -0.39 is 0 Å². The fourth-order valence-electron chi connectivity index (χ4n) is 0.322. The average Bonchev–Trinajstić information content (AvgIpc) is 1.82. The third-order valence-corrected chi connectivity index (χ3v) is 0.943. The molecular weight excluding hydrogens is 114 g/mol. The van der Waals surface area contributed by atoms with Crippen molar-refractivity contribution in [1.82, 2.24) is 5.32 Å². The van der Waals surface area contributed by atoms with Gasteiger partial charge in [-0.3, -0.25) is 0 Å². The van der Waals surface area contributed by atoms with E-state index in [-0.39, 0.29) is 0 Å². The van der Waals surface area contributed by atoms with E-state index in [1.165, 1.54) is 0 Å². The van der Waals surface area contributed by atoms with Crippen LogP contribution in [0.15, 0.2) is 24.2 Å². The van der Waals surface area contributed by atoms with Crippen LogP contribution in [0.5, 0.6) is 0 Å². The summed E-state index contributed by atoms with van der Waals surface area (Å²) in [5.74, 6) is 0. The Labute approximate surface area is 55.4 Å². The van der Waals surface area contributed by atoms with Crippen molar-refractivity contribution in [3.05, 3.63) is 24.2 Å². The maximum Gasteiger partial charge on any atom is 0.0557 e. The Morgan fingerprint density at radius 2 is 2.22 bits per heavy atom. The molecule has 9 heavy (non-hydrogen) atoms. The summed E-state index contributed by atoms with van der Waals surface area (Å²) < 4.78 is 0. The van der Waals surface area contributed by atoms with E-state index in [2.05, 4.69) is 11.9 Å². The lowest BCUT2D eigenvalue weighted by atomic mass is 10.3. The van der Waals surface area contributed by atoms with Gasteiger partial charge in [0.05, 0.1) is 6.54 Å². The minimum Gasteiger partial charge on any atom is -0.401 e. The molecule has 0 aliphatic carbocycles. The van der Waals surface area contributed by atoms with E-state index >= 15 is 0 Å². The Morgan fingerprint density at radius 3 is 2.56 bits per heavy atom. The molecule has 3 nitrogen and oxygen atoms in total. The van der Waals surface area contributed by atoms with Crippen LogP contribution in [0.25, 0.3) is 0 Å².